The van der Waals surface area contributed by atoms with Crippen LogP contribution in [-0.2, 0) is 0 Å². The molecule has 1 nitrogen and oxygen atoms in total. The standard InChI is InChI=1S/C8H15N/c1-2-3-4-5-6-7-8-9/h1H,3-9H2. The second-order valence-corrected chi connectivity index (χ2v) is 2.16. The Balaban J connectivity index is 2.69. The van der Waals surface area contributed by atoms with Gasteiger partial charge in [0.1, 0.15) is 0 Å². The van der Waals surface area contributed by atoms with Crippen molar-refractivity contribution in [3.8, 4) is 12.3 Å². The van der Waals surface area contributed by atoms with Gasteiger partial charge in [-0.05, 0) is 19.4 Å². The fraction of sp³-hybridized carbons (Fsp3) is 0.750. The molecule has 2 N–H and O–H groups in total. The van der Waals surface area contributed by atoms with Crippen LogP contribution in [0.1, 0.15) is 32.1 Å². The van der Waals surface area contributed by atoms with Crippen molar-refractivity contribution < 1.29 is 0 Å². The first-order valence-electron chi connectivity index (χ1n) is 3.55. The monoisotopic (exact) mass is 125 g/mol. The Hall–Kier alpha value is -0.480. The van der Waals surface area contributed by atoms with Gasteiger partial charge in [0.05, 0.1) is 0 Å². The highest BCUT2D eigenvalue weighted by atomic mass is 14.5. The molecule has 0 saturated carbocycles. The van der Waals surface area contributed by atoms with E-state index in [1.807, 2.05) is 0 Å². The van der Waals surface area contributed by atoms with Crippen LogP contribution in [-0.4, -0.2) is 6.54 Å². The molecule has 9 heavy (non-hydrogen) atoms. The van der Waals surface area contributed by atoms with E-state index in [1.165, 1.54) is 12.8 Å². The highest BCUT2D eigenvalue weighted by Gasteiger charge is 1.84. The van der Waals surface area contributed by atoms with E-state index in [0.717, 1.165) is 25.8 Å². The highest BCUT2D eigenvalue weighted by Crippen LogP contribution is 2.00. The van der Waals surface area contributed by atoms with Crippen molar-refractivity contribution in [1.82, 2.24) is 0 Å². The van der Waals surface area contributed by atoms with E-state index < -0.39 is 0 Å². The summed E-state index contributed by atoms with van der Waals surface area (Å²) in [6.45, 7) is 0.816. The molecule has 0 spiro atoms. The molecule has 0 radical (unpaired) electrons. The van der Waals surface area contributed by atoms with Gasteiger partial charge in [-0.2, -0.15) is 0 Å². The number of hydrogen-bond donors (Lipinski definition) is 1. The van der Waals surface area contributed by atoms with E-state index in [1.54, 1.807) is 0 Å². The molecule has 0 atom stereocenters. The van der Waals surface area contributed by atoms with Crippen molar-refractivity contribution in [3.05, 3.63) is 0 Å². The van der Waals surface area contributed by atoms with Gasteiger partial charge in [-0.3, -0.25) is 0 Å². The Morgan fingerprint density at radius 2 is 1.78 bits per heavy atom. The minimum absolute atomic E-state index is 0.816. The third kappa shape index (κ3) is 7.52. The molecule has 0 unspecified atom stereocenters. The van der Waals surface area contributed by atoms with Gasteiger partial charge in [0.2, 0.25) is 0 Å². The Morgan fingerprint density at radius 1 is 1.11 bits per heavy atom. The average Bonchev–Trinajstić information content (AvgIpc) is 1.89. The zero-order chi connectivity index (χ0) is 6.95. The summed E-state index contributed by atoms with van der Waals surface area (Å²) >= 11 is 0. The minimum atomic E-state index is 0.816. The third-order valence-corrected chi connectivity index (χ3v) is 1.28. The van der Waals surface area contributed by atoms with Gasteiger partial charge in [-0.25, -0.2) is 0 Å². The molecule has 0 aliphatic carbocycles. The van der Waals surface area contributed by atoms with E-state index >= 15 is 0 Å². The van der Waals surface area contributed by atoms with Crippen LogP contribution in [0.5, 0.6) is 0 Å². The molecule has 0 aliphatic rings. The van der Waals surface area contributed by atoms with Crippen LogP contribution >= 0.6 is 0 Å². The molecule has 0 amide bonds. The Morgan fingerprint density at radius 3 is 2.33 bits per heavy atom. The summed E-state index contributed by atoms with van der Waals surface area (Å²) in [7, 11) is 0. The quantitative estimate of drug-likeness (QED) is 0.437. The summed E-state index contributed by atoms with van der Waals surface area (Å²) in [5, 5.41) is 0. The fourth-order valence-electron chi connectivity index (χ4n) is 0.725. The summed E-state index contributed by atoms with van der Waals surface area (Å²) in [6, 6.07) is 0. The normalized spacial score (nSPS) is 8.89. The smallest absolute Gasteiger partial charge is 0.00860 e. The first-order valence-corrected chi connectivity index (χ1v) is 3.55. The zero-order valence-electron chi connectivity index (χ0n) is 5.90. The van der Waals surface area contributed by atoms with Crippen molar-refractivity contribution in [1.29, 1.82) is 0 Å². The van der Waals surface area contributed by atoms with Crippen LogP contribution in [0.25, 0.3) is 0 Å². The predicted molar refractivity (Wildman–Crippen MR) is 41.0 cm³/mol. The van der Waals surface area contributed by atoms with E-state index in [0.29, 0.717) is 0 Å². The largest absolute Gasteiger partial charge is 0.330 e. The van der Waals surface area contributed by atoms with Crippen LogP contribution in [0.2, 0.25) is 0 Å². The van der Waals surface area contributed by atoms with Gasteiger partial charge in [0.15, 0.2) is 0 Å². The molecule has 1 heteroatoms. The van der Waals surface area contributed by atoms with Crippen molar-refractivity contribution >= 4 is 0 Å². The van der Waals surface area contributed by atoms with Gasteiger partial charge < -0.3 is 5.73 Å². The first kappa shape index (κ1) is 8.52. The molecule has 0 aromatic rings. The molecule has 0 aliphatic heterocycles. The second kappa shape index (κ2) is 7.52. The summed E-state index contributed by atoms with van der Waals surface area (Å²) in [6.07, 6.45) is 10.8. The maximum absolute atomic E-state index is 5.30. The second-order valence-electron chi connectivity index (χ2n) is 2.16. The van der Waals surface area contributed by atoms with Crippen LogP contribution in [0.15, 0.2) is 0 Å². The van der Waals surface area contributed by atoms with Crippen molar-refractivity contribution in [2.75, 3.05) is 6.54 Å². The Kier molecular flexibility index (Phi) is 7.12. The number of rotatable bonds is 5. The number of nitrogens with two attached hydrogens (primary N) is 1. The lowest BCUT2D eigenvalue weighted by Crippen LogP contribution is -1.97. The van der Waals surface area contributed by atoms with Crippen LogP contribution in [0, 0.1) is 12.3 Å². The third-order valence-electron chi connectivity index (χ3n) is 1.28. The molecular weight excluding hydrogens is 110 g/mol. The highest BCUT2D eigenvalue weighted by molar-refractivity contribution is 4.82. The van der Waals surface area contributed by atoms with Crippen LogP contribution in [0.3, 0.4) is 0 Å². The number of unbranched alkanes of at least 4 members (excludes halogenated alkanes) is 4. The summed E-state index contributed by atoms with van der Waals surface area (Å²) < 4.78 is 0. The maximum atomic E-state index is 5.30. The Labute approximate surface area is 57.6 Å². The van der Waals surface area contributed by atoms with Gasteiger partial charge in [0, 0.05) is 6.42 Å². The lowest BCUT2D eigenvalue weighted by atomic mass is 10.1. The van der Waals surface area contributed by atoms with Gasteiger partial charge >= 0.3 is 0 Å². The zero-order valence-corrected chi connectivity index (χ0v) is 5.90. The van der Waals surface area contributed by atoms with Crippen LogP contribution in [0.4, 0.5) is 0 Å². The Bertz CT molecular complexity index is 81.1. The molecule has 0 bridgehead atoms. The summed E-state index contributed by atoms with van der Waals surface area (Å²) in [4.78, 5) is 0. The average molecular weight is 125 g/mol. The lowest BCUT2D eigenvalue weighted by Gasteiger charge is -1.93. The summed E-state index contributed by atoms with van der Waals surface area (Å²) in [5.74, 6) is 2.61. The van der Waals surface area contributed by atoms with E-state index in [2.05, 4.69) is 5.92 Å². The van der Waals surface area contributed by atoms with Crippen molar-refractivity contribution in [2.45, 2.75) is 32.1 Å². The van der Waals surface area contributed by atoms with Gasteiger partial charge in [-0.1, -0.05) is 12.8 Å². The predicted octanol–water partition coefficient (Wildman–Crippen LogP) is 1.53. The molecule has 52 valence electrons. The van der Waals surface area contributed by atoms with E-state index in [4.69, 9.17) is 12.2 Å². The van der Waals surface area contributed by atoms with E-state index in [9.17, 15) is 0 Å². The van der Waals surface area contributed by atoms with Gasteiger partial charge in [-0.15, -0.1) is 12.3 Å². The molecule has 0 rings (SSSR count). The molecule has 0 saturated heterocycles. The topological polar surface area (TPSA) is 26.0 Å². The fourth-order valence-corrected chi connectivity index (χ4v) is 0.725. The van der Waals surface area contributed by atoms with Crippen LogP contribution < -0.4 is 5.73 Å². The lowest BCUT2D eigenvalue weighted by molar-refractivity contribution is 0.657. The molecule has 0 aromatic carbocycles. The minimum Gasteiger partial charge on any atom is -0.330 e. The van der Waals surface area contributed by atoms with Crippen molar-refractivity contribution in [3.63, 3.8) is 0 Å². The molecule has 0 aromatic heterocycles. The SMILES string of the molecule is C#CCCCCCCN. The van der Waals surface area contributed by atoms with Crippen molar-refractivity contribution in [2.24, 2.45) is 5.73 Å². The molecule has 0 fully saturated rings. The number of hydrogen-bond acceptors (Lipinski definition) is 1. The van der Waals surface area contributed by atoms with E-state index in [-0.39, 0.29) is 0 Å². The molecule has 0 heterocycles. The molecular formula is C8H15N. The number of terminal acetylenes is 1. The first-order chi connectivity index (χ1) is 4.41. The summed E-state index contributed by atoms with van der Waals surface area (Å²) in [5.41, 5.74) is 5.30. The maximum Gasteiger partial charge on any atom is 0.00860 e. The van der Waals surface area contributed by atoms with Gasteiger partial charge in [0.25, 0.3) is 0 Å².